The highest BCUT2D eigenvalue weighted by molar-refractivity contribution is 7.26. The monoisotopic (exact) mass is 695 g/mol. The predicted molar refractivity (Wildman–Crippen MR) is 225 cm³/mol. The van der Waals surface area contributed by atoms with E-state index in [-0.39, 0.29) is 5.41 Å². The number of rotatable bonds is 7. The Kier molecular flexibility index (Phi) is 9.42. The van der Waals surface area contributed by atoms with Gasteiger partial charge in [-0.2, -0.15) is 0 Å². The van der Waals surface area contributed by atoms with Crippen molar-refractivity contribution in [3.63, 3.8) is 0 Å². The summed E-state index contributed by atoms with van der Waals surface area (Å²) in [4.78, 5) is 2.49. The summed E-state index contributed by atoms with van der Waals surface area (Å²) >= 11 is 1.91. The van der Waals surface area contributed by atoms with Crippen molar-refractivity contribution >= 4 is 48.6 Å². The first-order valence-corrected chi connectivity index (χ1v) is 20.7. The summed E-state index contributed by atoms with van der Waals surface area (Å²) < 4.78 is 2.67. The number of benzene rings is 6. The minimum Gasteiger partial charge on any atom is -0.310 e. The molecule has 0 saturated heterocycles. The number of nitrogens with zero attached hydrogens (tertiary/aromatic N) is 1. The number of anilines is 3. The van der Waals surface area contributed by atoms with E-state index in [0.29, 0.717) is 5.92 Å². The van der Waals surface area contributed by atoms with E-state index in [9.17, 15) is 0 Å². The second-order valence-corrected chi connectivity index (χ2v) is 16.4. The Morgan fingerprint density at radius 3 is 1.79 bits per heavy atom. The molecule has 0 N–H and O–H groups in total. The Labute approximate surface area is 314 Å². The van der Waals surface area contributed by atoms with Crippen LogP contribution in [0.5, 0.6) is 0 Å². The third kappa shape index (κ3) is 6.37. The van der Waals surface area contributed by atoms with Gasteiger partial charge < -0.3 is 4.90 Å². The van der Waals surface area contributed by atoms with Gasteiger partial charge in [-0.1, -0.05) is 154 Å². The molecule has 0 radical (unpaired) electrons. The molecule has 7 aromatic rings. The largest absolute Gasteiger partial charge is 0.310 e. The Bertz CT molecular complexity index is 2230. The number of fused-ring (bicyclic) bond motifs is 3. The second-order valence-electron chi connectivity index (χ2n) is 15.4. The molecule has 2 saturated carbocycles. The Morgan fingerprint density at radius 2 is 1.08 bits per heavy atom. The van der Waals surface area contributed by atoms with E-state index in [1.807, 2.05) is 11.3 Å². The van der Waals surface area contributed by atoms with Crippen molar-refractivity contribution in [2.24, 2.45) is 0 Å². The van der Waals surface area contributed by atoms with E-state index in [1.165, 1.54) is 142 Å². The highest BCUT2D eigenvalue weighted by Gasteiger charge is 2.34. The van der Waals surface area contributed by atoms with Gasteiger partial charge in [0.15, 0.2) is 0 Å². The molecule has 0 bridgehead atoms. The molecule has 2 aliphatic carbocycles. The summed E-state index contributed by atoms with van der Waals surface area (Å²) in [5, 5.41) is 2.69. The number of hydrogen-bond donors (Lipinski definition) is 0. The van der Waals surface area contributed by atoms with Crippen LogP contribution in [0.2, 0.25) is 0 Å². The van der Waals surface area contributed by atoms with Gasteiger partial charge in [0.25, 0.3) is 0 Å². The van der Waals surface area contributed by atoms with E-state index in [0.717, 1.165) is 0 Å². The zero-order chi connectivity index (χ0) is 34.7. The van der Waals surface area contributed by atoms with E-state index >= 15 is 0 Å². The highest BCUT2D eigenvalue weighted by Crippen LogP contribution is 2.47. The van der Waals surface area contributed by atoms with Crippen molar-refractivity contribution in [3.05, 3.63) is 162 Å². The van der Waals surface area contributed by atoms with Gasteiger partial charge in [0.05, 0.1) is 0 Å². The smallest absolute Gasteiger partial charge is 0.0476 e. The quantitative estimate of drug-likeness (QED) is 0.160. The average molecular weight is 696 g/mol. The predicted octanol–water partition coefficient (Wildman–Crippen LogP) is 15.3. The van der Waals surface area contributed by atoms with Crippen LogP contribution in [0.25, 0.3) is 31.3 Å². The van der Waals surface area contributed by atoms with Crippen molar-refractivity contribution in [1.82, 2.24) is 0 Å². The highest BCUT2D eigenvalue weighted by atomic mass is 32.1. The molecule has 2 fully saturated rings. The van der Waals surface area contributed by atoms with E-state index < -0.39 is 0 Å². The summed E-state index contributed by atoms with van der Waals surface area (Å²) in [6.07, 6.45) is 15.8. The lowest BCUT2D eigenvalue weighted by molar-refractivity contribution is 0.366. The van der Waals surface area contributed by atoms with Gasteiger partial charge in [0, 0.05) is 42.6 Å². The maximum absolute atomic E-state index is 2.49. The third-order valence-corrected chi connectivity index (χ3v) is 13.4. The van der Waals surface area contributed by atoms with Gasteiger partial charge in [-0.05, 0) is 102 Å². The second kappa shape index (κ2) is 14.8. The number of hydrogen-bond acceptors (Lipinski definition) is 2. The fraction of sp³-hybridized carbons (Fsp3) is 0.280. The van der Waals surface area contributed by atoms with Gasteiger partial charge in [0.2, 0.25) is 0 Å². The van der Waals surface area contributed by atoms with Crippen LogP contribution in [0.4, 0.5) is 17.1 Å². The van der Waals surface area contributed by atoms with E-state index in [1.54, 1.807) is 0 Å². The molecule has 0 atom stereocenters. The molecular weight excluding hydrogens is 647 g/mol. The molecule has 0 amide bonds. The maximum atomic E-state index is 2.49. The first-order valence-electron chi connectivity index (χ1n) is 19.8. The summed E-state index contributed by atoms with van der Waals surface area (Å²) in [5.41, 5.74) is 10.7. The summed E-state index contributed by atoms with van der Waals surface area (Å²) in [6.45, 7) is 0. The normalized spacial score (nSPS) is 16.8. The minimum atomic E-state index is 0.0686. The Hall–Kier alpha value is -4.66. The molecular formula is C50H49NS. The van der Waals surface area contributed by atoms with Gasteiger partial charge in [0.1, 0.15) is 0 Å². The van der Waals surface area contributed by atoms with Gasteiger partial charge in [-0.15, -0.1) is 11.3 Å². The Balaban J connectivity index is 1.14. The first-order chi connectivity index (χ1) is 25.8. The van der Waals surface area contributed by atoms with Gasteiger partial charge in [-0.25, -0.2) is 0 Å². The summed E-state index contributed by atoms with van der Waals surface area (Å²) in [7, 11) is 0. The summed E-state index contributed by atoms with van der Waals surface area (Å²) in [5.74, 6) is 0.696. The summed E-state index contributed by atoms with van der Waals surface area (Å²) in [6, 6.07) is 55.4. The van der Waals surface area contributed by atoms with Crippen molar-refractivity contribution in [3.8, 4) is 11.1 Å². The molecule has 6 aromatic carbocycles. The van der Waals surface area contributed by atoms with Gasteiger partial charge >= 0.3 is 0 Å². The van der Waals surface area contributed by atoms with Crippen LogP contribution >= 0.6 is 11.3 Å². The van der Waals surface area contributed by atoms with E-state index in [4.69, 9.17) is 0 Å². The van der Waals surface area contributed by atoms with Crippen molar-refractivity contribution in [2.75, 3.05) is 4.90 Å². The topological polar surface area (TPSA) is 3.24 Å². The molecule has 0 spiro atoms. The molecule has 1 nitrogen and oxygen atoms in total. The molecule has 52 heavy (non-hydrogen) atoms. The lowest BCUT2D eigenvalue weighted by atomic mass is 9.67. The van der Waals surface area contributed by atoms with Gasteiger partial charge in [-0.3, -0.25) is 0 Å². The standard InChI is InChI=1S/C50H49NS/c1-2-13-34-50(35-14-3-1,40-20-11-6-12-21-40)41-26-30-43(31-27-41)51(42-28-24-38(25-29-42)37-16-7-4-8-17-37)44-32-33-46-48(36-44)52-47-23-15-22-45(49(46)47)39-18-9-5-10-19-39/h5-6,9-12,15,18-33,36-37H,1-4,7-8,13-14,16-17,34-35H2. The molecule has 2 aliphatic rings. The molecule has 1 aromatic heterocycles. The van der Waals surface area contributed by atoms with Crippen LogP contribution in [-0.4, -0.2) is 0 Å². The van der Waals surface area contributed by atoms with E-state index in [2.05, 4.69) is 150 Å². The van der Waals surface area contributed by atoms with Crippen LogP contribution in [-0.2, 0) is 5.41 Å². The molecule has 1 heterocycles. The lowest BCUT2D eigenvalue weighted by Gasteiger charge is -2.37. The van der Waals surface area contributed by atoms with Crippen LogP contribution in [0.15, 0.2) is 146 Å². The fourth-order valence-corrected chi connectivity index (χ4v) is 10.7. The van der Waals surface area contributed by atoms with Crippen LogP contribution < -0.4 is 4.90 Å². The van der Waals surface area contributed by atoms with Crippen molar-refractivity contribution < 1.29 is 0 Å². The zero-order valence-electron chi connectivity index (χ0n) is 30.3. The zero-order valence-corrected chi connectivity index (χ0v) is 31.1. The lowest BCUT2D eigenvalue weighted by Crippen LogP contribution is -2.29. The minimum absolute atomic E-state index is 0.0686. The first kappa shape index (κ1) is 33.2. The van der Waals surface area contributed by atoms with Crippen LogP contribution in [0.3, 0.4) is 0 Å². The molecule has 9 rings (SSSR count). The van der Waals surface area contributed by atoms with Crippen LogP contribution in [0, 0.1) is 0 Å². The average Bonchev–Trinajstić information content (AvgIpc) is 3.58. The van der Waals surface area contributed by atoms with Crippen molar-refractivity contribution in [1.29, 1.82) is 0 Å². The molecule has 0 aliphatic heterocycles. The van der Waals surface area contributed by atoms with Crippen molar-refractivity contribution in [2.45, 2.75) is 88.4 Å². The fourth-order valence-electron chi connectivity index (χ4n) is 9.53. The molecule has 0 unspecified atom stereocenters. The Morgan fingerprint density at radius 1 is 0.481 bits per heavy atom. The molecule has 260 valence electrons. The maximum Gasteiger partial charge on any atom is 0.0476 e. The molecule has 2 heteroatoms. The van der Waals surface area contributed by atoms with Crippen LogP contribution in [0.1, 0.15) is 99.7 Å². The number of thiophene rings is 1. The third-order valence-electron chi connectivity index (χ3n) is 12.3. The SMILES string of the molecule is c1ccc(-c2cccc3sc4cc(N(c5ccc(C6CCCCC6)cc5)c5ccc(C6(c7ccccc7)CCCCCCC6)cc5)ccc4c23)cc1.